The van der Waals surface area contributed by atoms with Crippen molar-refractivity contribution < 1.29 is 24.1 Å². The van der Waals surface area contributed by atoms with Gasteiger partial charge in [-0.25, -0.2) is 4.79 Å². The van der Waals surface area contributed by atoms with Crippen molar-refractivity contribution in [1.29, 1.82) is 0 Å². The molecule has 3 aromatic rings. The Morgan fingerprint density at radius 1 is 1.18 bits per heavy atom. The van der Waals surface area contributed by atoms with Gasteiger partial charge in [-0.05, 0) is 135 Å². The molecule has 8 heteroatoms. The molecular weight excluding hydrogens is 588 g/mol. The first kappa shape index (κ1) is 30.2. The zero-order valence-corrected chi connectivity index (χ0v) is 27.2. The third kappa shape index (κ3) is 5.31. The first-order valence-corrected chi connectivity index (χ1v) is 16.9. The van der Waals surface area contributed by atoms with Crippen LogP contribution in [-0.4, -0.2) is 35.0 Å². The van der Waals surface area contributed by atoms with Gasteiger partial charge >= 0.3 is 5.97 Å². The van der Waals surface area contributed by atoms with Crippen molar-refractivity contribution in [3.05, 3.63) is 75.6 Å². The van der Waals surface area contributed by atoms with Crippen LogP contribution in [0.4, 0.5) is 5.69 Å². The molecule has 2 heterocycles. The molecule has 4 aliphatic rings. The molecule has 1 spiro atoms. The van der Waals surface area contributed by atoms with Gasteiger partial charge in [0.25, 0.3) is 0 Å². The number of hydrogen-bond donors (Lipinski definition) is 2. The second-order valence-corrected chi connectivity index (χ2v) is 14.4. The van der Waals surface area contributed by atoms with Crippen LogP contribution in [0.15, 0.2) is 42.6 Å². The summed E-state index contributed by atoms with van der Waals surface area (Å²) in [5.74, 6) is 2.93. The average molecular weight is 631 g/mol. The number of ether oxygens (including phenoxy) is 3. The van der Waals surface area contributed by atoms with E-state index >= 15 is 0 Å². The molecule has 0 saturated heterocycles. The summed E-state index contributed by atoms with van der Waals surface area (Å²) in [5.41, 5.74) is 5.54. The molecule has 1 saturated carbocycles. The highest BCUT2D eigenvalue weighted by molar-refractivity contribution is 6.31. The van der Waals surface area contributed by atoms with E-state index in [9.17, 15) is 9.90 Å². The predicted octanol–water partition coefficient (Wildman–Crippen LogP) is 8.24. The number of halogens is 1. The van der Waals surface area contributed by atoms with Gasteiger partial charge in [0.05, 0.1) is 6.61 Å². The van der Waals surface area contributed by atoms with Gasteiger partial charge in [-0.2, -0.15) is 0 Å². The molecule has 7 nitrogen and oxygen atoms in total. The zero-order valence-electron chi connectivity index (χ0n) is 26.5. The minimum absolute atomic E-state index is 0.140. The number of anilines is 1. The number of hydrogen-bond acceptors (Lipinski definition) is 6. The van der Waals surface area contributed by atoms with E-state index in [4.69, 9.17) is 25.8 Å². The van der Waals surface area contributed by atoms with E-state index < -0.39 is 11.5 Å². The molecule has 0 radical (unpaired) electrons. The number of aromatic nitrogens is 1. The fraction of sp³-hybridized carbons (Fsp3) is 0.514. The van der Waals surface area contributed by atoms with Gasteiger partial charge in [-0.3, -0.25) is 4.98 Å². The number of benzene rings is 2. The van der Waals surface area contributed by atoms with Gasteiger partial charge in [0.15, 0.2) is 11.5 Å². The Bertz CT molecular complexity index is 1610. The number of carboxylic acid groups (broad SMARTS) is 1. The molecule has 1 fully saturated rings. The van der Waals surface area contributed by atoms with Crippen molar-refractivity contribution in [2.24, 2.45) is 11.8 Å². The van der Waals surface area contributed by atoms with Crippen LogP contribution in [0.2, 0.25) is 5.02 Å². The highest BCUT2D eigenvalue weighted by atomic mass is 35.5. The third-order valence-corrected chi connectivity index (χ3v) is 11.6. The summed E-state index contributed by atoms with van der Waals surface area (Å²) in [7, 11) is 0. The Morgan fingerprint density at radius 2 is 1.96 bits per heavy atom. The number of nitrogens with one attached hydrogen (secondary N) is 1. The first-order chi connectivity index (χ1) is 21.7. The van der Waals surface area contributed by atoms with E-state index in [1.54, 1.807) is 0 Å². The van der Waals surface area contributed by atoms with Gasteiger partial charge < -0.3 is 24.6 Å². The van der Waals surface area contributed by atoms with Crippen LogP contribution < -0.4 is 19.5 Å². The van der Waals surface area contributed by atoms with Gasteiger partial charge in [0.1, 0.15) is 11.3 Å². The number of pyridine rings is 1. The van der Waals surface area contributed by atoms with E-state index in [1.165, 1.54) is 35.2 Å². The molecule has 45 heavy (non-hydrogen) atoms. The molecule has 7 rings (SSSR count). The summed E-state index contributed by atoms with van der Waals surface area (Å²) >= 11 is 6.41. The summed E-state index contributed by atoms with van der Waals surface area (Å²) in [5, 5.41) is 14.7. The number of fused-ring (bicyclic) bond motifs is 4. The number of carbonyl (C=O) groups is 1. The van der Waals surface area contributed by atoms with Gasteiger partial charge in [-0.1, -0.05) is 31.5 Å². The van der Waals surface area contributed by atoms with E-state index in [0.717, 1.165) is 60.6 Å². The Hall–Kier alpha value is -3.45. The molecule has 0 unspecified atom stereocenters. The lowest BCUT2D eigenvalue weighted by Crippen LogP contribution is -2.53. The maximum atomic E-state index is 12.9. The van der Waals surface area contributed by atoms with E-state index in [-0.39, 0.29) is 12.2 Å². The molecule has 2 N–H and O–H groups in total. The van der Waals surface area contributed by atoms with Crippen LogP contribution in [-0.2, 0) is 23.1 Å². The van der Waals surface area contributed by atoms with Crippen LogP contribution in [0.25, 0.3) is 0 Å². The average Bonchev–Trinajstić information content (AvgIpc) is 3.60. The Kier molecular flexibility index (Phi) is 7.87. The summed E-state index contributed by atoms with van der Waals surface area (Å²) < 4.78 is 18.1. The van der Waals surface area contributed by atoms with Crippen LogP contribution in [0.3, 0.4) is 0 Å². The standard InChI is InChI=1S/C37H43ClN2O5/c1-22(20-43-31-10-15-39-30-9-4-6-23(2)34(30)31)16-26-17-25-18-32-33(45-21-44-32)19-27(25)36(26)11-13-37(14-12-36,35(41)42)40-29-8-5-7-28(38)24(29)3/h5,7-8,10,15,18-19,22-23,26,40H,4,6,9,11-14,16-17,20-21H2,1-3H3,(H,41,42)/t22-,23-,26+,36?,37?/m1/s1. The van der Waals surface area contributed by atoms with E-state index in [2.05, 4.69) is 36.3 Å². The van der Waals surface area contributed by atoms with E-state index in [1.807, 2.05) is 37.4 Å². The Labute approximate surface area is 270 Å². The molecule has 238 valence electrons. The van der Waals surface area contributed by atoms with Crippen molar-refractivity contribution in [3.63, 3.8) is 0 Å². The molecule has 0 bridgehead atoms. The second kappa shape index (κ2) is 11.7. The minimum atomic E-state index is -1.06. The number of rotatable bonds is 8. The predicted molar refractivity (Wildman–Crippen MR) is 175 cm³/mol. The normalized spacial score (nSPS) is 27.1. The van der Waals surface area contributed by atoms with Crippen LogP contribution >= 0.6 is 11.6 Å². The van der Waals surface area contributed by atoms with Gasteiger partial charge in [0.2, 0.25) is 6.79 Å². The van der Waals surface area contributed by atoms with Crippen molar-refractivity contribution in [2.75, 3.05) is 18.7 Å². The van der Waals surface area contributed by atoms with Crippen LogP contribution in [0, 0.1) is 18.8 Å². The zero-order chi connectivity index (χ0) is 31.3. The SMILES string of the molecule is Cc1c(Cl)cccc1NC1(C(=O)O)CCC2(CC1)c1cc3c(cc1C[C@@H]2C[C@@H](C)COc1ccnc2c1[C@H](C)CCC2)OCO3. The Balaban J connectivity index is 1.14. The summed E-state index contributed by atoms with van der Waals surface area (Å²) in [6.45, 7) is 7.38. The van der Waals surface area contributed by atoms with Crippen molar-refractivity contribution in [3.8, 4) is 17.2 Å². The summed E-state index contributed by atoms with van der Waals surface area (Å²) in [6, 6.07) is 12.0. The maximum absolute atomic E-state index is 12.9. The number of aliphatic carboxylic acids is 1. The van der Waals surface area contributed by atoms with Crippen molar-refractivity contribution in [2.45, 2.75) is 95.4 Å². The van der Waals surface area contributed by atoms with Crippen LogP contribution in [0.5, 0.6) is 17.2 Å². The molecular formula is C37H43ClN2O5. The fourth-order valence-corrected chi connectivity index (χ4v) is 8.83. The molecule has 2 aromatic carbocycles. The van der Waals surface area contributed by atoms with Gasteiger partial charge in [-0.15, -0.1) is 0 Å². The number of carboxylic acids is 1. The number of aryl methyl sites for hydroxylation is 1. The highest BCUT2D eigenvalue weighted by Gasteiger charge is 2.54. The molecule has 1 aliphatic heterocycles. The lowest BCUT2D eigenvalue weighted by Gasteiger charge is -2.47. The van der Waals surface area contributed by atoms with E-state index in [0.29, 0.717) is 42.2 Å². The smallest absolute Gasteiger partial charge is 0.329 e. The summed E-state index contributed by atoms with van der Waals surface area (Å²) in [4.78, 5) is 17.6. The lowest BCUT2D eigenvalue weighted by molar-refractivity contribution is -0.144. The lowest BCUT2D eigenvalue weighted by atomic mass is 9.59. The first-order valence-electron chi connectivity index (χ1n) is 16.5. The number of nitrogens with zero attached hydrogens (tertiary/aromatic N) is 1. The van der Waals surface area contributed by atoms with Crippen molar-refractivity contribution in [1.82, 2.24) is 4.98 Å². The quantitative estimate of drug-likeness (QED) is 0.259. The summed E-state index contributed by atoms with van der Waals surface area (Å²) in [6.07, 6.45) is 9.78. The molecule has 1 aromatic heterocycles. The minimum Gasteiger partial charge on any atom is -0.493 e. The fourth-order valence-electron chi connectivity index (χ4n) is 8.65. The molecule has 0 amide bonds. The topological polar surface area (TPSA) is 89.9 Å². The third-order valence-electron chi connectivity index (χ3n) is 11.2. The second-order valence-electron chi connectivity index (χ2n) is 14.0. The van der Waals surface area contributed by atoms with Gasteiger partial charge in [0, 0.05) is 28.2 Å². The highest BCUT2D eigenvalue weighted by Crippen LogP contribution is 2.58. The maximum Gasteiger partial charge on any atom is 0.329 e. The van der Waals surface area contributed by atoms with Crippen molar-refractivity contribution >= 4 is 23.3 Å². The Morgan fingerprint density at radius 3 is 2.73 bits per heavy atom. The molecule has 3 atom stereocenters. The largest absolute Gasteiger partial charge is 0.493 e. The monoisotopic (exact) mass is 630 g/mol. The van der Waals surface area contributed by atoms with Crippen LogP contribution in [0.1, 0.15) is 92.7 Å². The molecule has 3 aliphatic carbocycles.